The van der Waals surface area contributed by atoms with Crippen molar-refractivity contribution >= 4 is 11.8 Å². The smallest absolute Gasteiger partial charge is 0.239 e. The van der Waals surface area contributed by atoms with Crippen molar-refractivity contribution in [2.24, 2.45) is 0 Å². The molecule has 0 atom stereocenters. The van der Waals surface area contributed by atoms with Crippen LogP contribution in [0.4, 0.5) is 11.8 Å². The minimum absolute atomic E-state index is 0.276. The zero-order chi connectivity index (χ0) is 13.8. The molecule has 2 rings (SSSR count). The first-order valence-corrected chi connectivity index (χ1v) is 6.35. The van der Waals surface area contributed by atoms with E-state index in [9.17, 15) is 0 Å². The van der Waals surface area contributed by atoms with Gasteiger partial charge in [0.2, 0.25) is 5.95 Å². The van der Waals surface area contributed by atoms with Gasteiger partial charge in [0, 0.05) is 24.2 Å². The van der Waals surface area contributed by atoms with Crippen molar-refractivity contribution in [2.75, 3.05) is 17.6 Å². The number of aromatic nitrogens is 5. The van der Waals surface area contributed by atoms with Crippen LogP contribution >= 0.6 is 0 Å². The van der Waals surface area contributed by atoms with Gasteiger partial charge in [0.15, 0.2) is 0 Å². The number of nitrogen functional groups attached to an aromatic ring is 1. The predicted octanol–water partition coefficient (Wildman–Crippen LogP) is 1.01. The molecule has 0 aliphatic heterocycles. The van der Waals surface area contributed by atoms with Crippen LogP contribution in [-0.2, 0) is 12.8 Å². The van der Waals surface area contributed by atoms with Gasteiger partial charge >= 0.3 is 0 Å². The van der Waals surface area contributed by atoms with E-state index in [2.05, 4.69) is 37.4 Å². The minimum Gasteiger partial charge on any atom is -0.369 e. The Kier molecular flexibility index (Phi) is 3.94. The fourth-order valence-electron chi connectivity index (χ4n) is 2.03. The molecule has 0 aliphatic rings. The lowest BCUT2D eigenvalue weighted by molar-refractivity contribution is 0.881. The van der Waals surface area contributed by atoms with Gasteiger partial charge in [-0.15, -0.1) is 5.10 Å². The average Bonchev–Trinajstić information content (AvgIpc) is 2.74. The van der Waals surface area contributed by atoms with Crippen molar-refractivity contribution in [3.63, 3.8) is 0 Å². The summed E-state index contributed by atoms with van der Waals surface area (Å²) in [7, 11) is 0. The maximum Gasteiger partial charge on any atom is 0.239 e. The van der Waals surface area contributed by atoms with Crippen LogP contribution in [0.25, 0.3) is 0 Å². The van der Waals surface area contributed by atoms with Crippen LogP contribution in [0.1, 0.15) is 29.8 Å². The summed E-state index contributed by atoms with van der Waals surface area (Å²) in [4.78, 5) is 12.9. The topological polar surface area (TPSA) is 105 Å². The van der Waals surface area contributed by atoms with Crippen LogP contribution in [0.5, 0.6) is 0 Å². The molecule has 0 saturated heterocycles. The first-order valence-electron chi connectivity index (χ1n) is 6.35. The summed E-state index contributed by atoms with van der Waals surface area (Å²) in [6, 6.07) is 0. The molecule has 7 heteroatoms. The first kappa shape index (κ1) is 13.3. The fraction of sp³-hybridized carbons (Fsp3) is 0.500. The van der Waals surface area contributed by atoms with E-state index >= 15 is 0 Å². The molecule has 0 radical (unpaired) electrons. The van der Waals surface area contributed by atoms with E-state index in [1.165, 1.54) is 0 Å². The van der Waals surface area contributed by atoms with E-state index in [0.29, 0.717) is 0 Å². The molecule has 2 aromatic rings. The quantitative estimate of drug-likeness (QED) is 0.741. The molecular weight excluding hydrogens is 242 g/mol. The van der Waals surface area contributed by atoms with Gasteiger partial charge in [-0.1, -0.05) is 6.92 Å². The molecule has 2 heterocycles. The summed E-state index contributed by atoms with van der Waals surface area (Å²) in [6.07, 6.45) is 1.62. The summed E-state index contributed by atoms with van der Waals surface area (Å²) in [5, 5.41) is 9.90. The molecule has 0 aromatic carbocycles. The Morgan fingerprint density at radius 3 is 2.63 bits per heavy atom. The van der Waals surface area contributed by atoms with E-state index in [-0.39, 0.29) is 5.95 Å². The number of nitrogens with two attached hydrogens (primary N) is 1. The van der Waals surface area contributed by atoms with Crippen LogP contribution < -0.4 is 11.1 Å². The van der Waals surface area contributed by atoms with Crippen molar-refractivity contribution in [3.8, 4) is 0 Å². The number of hydrogen-bond donors (Lipinski definition) is 3. The van der Waals surface area contributed by atoms with Crippen LogP contribution in [0.3, 0.4) is 0 Å². The molecule has 0 bridgehead atoms. The number of aryl methyl sites for hydroxylation is 2. The average molecular weight is 261 g/mol. The van der Waals surface area contributed by atoms with Crippen molar-refractivity contribution < 1.29 is 0 Å². The molecular formula is C12H19N7. The summed E-state index contributed by atoms with van der Waals surface area (Å²) in [5.41, 5.74) is 7.64. The highest BCUT2D eigenvalue weighted by Crippen LogP contribution is 2.16. The Balaban J connectivity index is 2.02. The van der Waals surface area contributed by atoms with Gasteiger partial charge in [0.05, 0.1) is 0 Å². The minimum atomic E-state index is 0.276. The predicted molar refractivity (Wildman–Crippen MR) is 73.9 cm³/mol. The summed E-state index contributed by atoms with van der Waals surface area (Å²) in [6.45, 7) is 6.73. The van der Waals surface area contributed by atoms with Crippen molar-refractivity contribution in [2.45, 2.75) is 33.6 Å². The lowest BCUT2D eigenvalue weighted by Gasteiger charge is -2.12. The summed E-state index contributed by atoms with van der Waals surface area (Å²) < 4.78 is 0. The number of H-pyrrole nitrogens is 1. The molecule has 0 fully saturated rings. The molecule has 0 amide bonds. The first-order chi connectivity index (χ1) is 9.10. The van der Waals surface area contributed by atoms with Gasteiger partial charge in [0.25, 0.3) is 0 Å². The van der Waals surface area contributed by atoms with E-state index in [1.54, 1.807) is 0 Å². The van der Waals surface area contributed by atoms with Crippen LogP contribution in [0.2, 0.25) is 0 Å². The normalized spacial score (nSPS) is 10.7. The van der Waals surface area contributed by atoms with Gasteiger partial charge in [-0.3, -0.25) is 5.10 Å². The van der Waals surface area contributed by atoms with Gasteiger partial charge in [0.1, 0.15) is 17.5 Å². The second-order valence-corrected chi connectivity index (χ2v) is 4.35. The summed E-state index contributed by atoms with van der Waals surface area (Å²) in [5.74, 6) is 2.73. The molecule has 0 unspecified atom stereocenters. The Morgan fingerprint density at radius 1 is 1.21 bits per heavy atom. The van der Waals surface area contributed by atoms with E-state index in [4.69, 9.17) is 5.73 Å². The van der Waals surface area contributed by atoms with Crippen molar-refractivity contribution in [3.05, 3.63) is 22.9 Å². The SMILES string of the molecule is CCc1c(C)nc(C)nc1NCCc1nc(N)n[nH]1. The van der Waals surface area contributed by atoms with E-state index in [0.717, 1.165) is 48.1 Å². The van der Waals surface area contributed by atoms with Gasteiger partial charge < -0.3 is 11.1 Å². The zero-order valence-corrected chi connectivity index (χ0v) is 11.5. The molecule has 4 N–H and O–H groups in total. The molecule has 0 spiro atoms. The Labute approximate surface area is 112 Å². The van der Waals surface area contributed by atoms with Gasteiger partial charge in [-0.25, -0.2) is 9.97 Å². The highest BCUT2D eigenvalue weighted by molar-refractivity contribution is 5.46. The van der Waals surface area contributed by atoms with Crippen molar-refractivity contribution in [1.82, 2.24) is 25.1 Å². The number of aromatic amines is 1. The Morgan fingerprint density at radius 2 is 2.00 bits per heavy atom. The molecule has 19 heavy (non-hydrogen) atoms. The highest BCUT2D eigenvalue weighted by Gasteiger charge is 2.08. The number of rotatable bonds is 5. The third kappa shape index (κ3) is 3.18. The monoisotopic (exact) mass is 261 g/mol. The largest absolute Gasteiger partial charge is 0.369 e. The lowest BCUT2D eigenvalue weighted by Crippen LogP contribution is -2.12. The van der Waals surface area contributed by atoms with Gasteiger partial charge in [-0.2, -0.15) is 4.98 Å². The van der Waals surface area contributed by atoms with E-state index < -0.39 is 0 Å². The lowest BCUT2D eigenvalue weighted by atomic mass is 10.1. The Bertz CT molecular complexity index is 561. The van der Waals surface area contributed by atoms with Crippen LogP contribution in [0, 0.1) is 13.8 Å². The summed E-state index contributed by atoms with van der Waals surface area (Å²) >= 11 is 0. The van der Waals surface area contributed by atoms with Crippen LogP contribution in [0.15, 0.2) is 0 Å². The second-order valence-electron chi connectivity index (χ2n) is 4.35. The Hall–Kier alpha value is -2.18. The maximum atomic E-state index is 5.45. The standard InChI is InChI=1S/C12H19N7/c1-4-9-7(2)15-8(3)16-11(9)14-6-5-10-17-12(13)19-18-10/h4-6H2,1-3H3,(H,14,15,16)(H3,13,17,18,19). The molecule has 102 valence electrons. The highest BCUT2D eigenvalue weighted by atomic mass is 15.3. The maximum absolute atomic E-state index is 5.45. The zero-order valence-electron chi connectivity index (χ0n) is 11.5. The van der Waals surface area contributed by atoms with Crippen LogP contribution in [-0.4, -0.2) is 31.7 Å². The third-order valence-corrected chi connectivity index (χ3v) is 2.88. The van der Waals surface area contributed by atoms with E-state index in [1.807, 2.05) is 13.8 Å². The molecule has 7 nitrogen and oxygen atoms in total. The molecule has 2 aromatic heterocycles. The van der Waals surface area contributed by atoms with Gasteiger partial charge in [-0.05, 0) is 20.3 Å². The third-order valence-electron chi connectivity index (χ3n) is 2.88. The van der Waals surface area contributed by atoms with Crippen molar-refractivity contribution in [1.29, 1.82) is 0 Å². The number of hydrogen-bond acceptors (Lipinski definition) is 6. The molecule has 0 aliphatic carbocycles. The molecule has 0 saturated carbocycles. The fourth-order valence-corrected chi connectivity index (χ4v) is 2.03. The number of nitrogens with zero attached hydrogens (tertiary/aromatic N) is 4. The number of anilines is 2. The number of nitrogens with one attached hydrogen (secondary N) is 2. The second kappa shape index (κ2) is 5.64.